The monoisotopic (exact) mass is 414 g/mol. The molecule has 0 unspecified atom stereocenters. The summed E-state index contributed by atoms with van der Waals surface area (Å²) in [7, 11) is 0. The highest BCUT2D eigenvalue weighted by molar-refractivity contribution is 6.05. The number of rotatable bonds is 4. The Morgan fingerprint density at radius 1 is 1.07 bits per heavy atom. The topological polar surface area (TPSA) is 77.6 Å². The second-order valence-corrected chi connectivity index (χ2v) is 6.93. The van der Waals surface area contributed by atoms with Gasteiger partial charge in [0.15, 0.2) is 11.3 Å². The van der Waals surface area contributed by atoms with Gasteiger partial charge in [-0.25, -0.2) is 14.3 Å². The minimum atomic E-state index is -4.78. The number of hydrogen-bond acceptors (Lipinski definition) is 4. The first-order valence-corrected chi connectivity index (χ1v) is 9.11. The van der Waals surface area contributed by atoms with Gasteiger partial charge in [-0.05, 0) is 32.0 Å². The second kappa shape index (κ2) is 7.29. The SMILES string of the molecule is CC(C)n1ncc2cc(NC(=O)c3cnn(-c4ccccc4)c3C(F)(F)F)cnc21. The predicted molar refractivity (Wildman–Crippen MR) is 104 cm³/mol. The highest BCUT2D eigenvalue weighted by Gasteiger charge is 2.40. The Bertz CT molecular complexity index is 1210. The third-order valence-electron chi connectivity index (χ3n) is 4.46. The van der Waals surface area contributed by atoms with Crippen LogP contribution in [-0.2, 0) is 6.18 Å². The van der Waals surface area contributed by atoms with Gasteiger partial charge in [-0.2, -0.15) is 23.4 Å². The number of nitrogens with zero attached hydrogens (tertiary/aromatic N) is 5. The number of anilines is 1. The van der Waals surface area contributed by atoms with Crippen molar-refractivity contribution in [1.82, 2.24) is 24.5 Å². The molecule has 0 aliphatic heterocycles. The number of halogens is 3. The minimum Gasteiger partial charge on any atom is -0.320 e. The van der Waals surface area contributed by atoms with Crippen LogP contribution in [0, 0.1) is 0 Å². The Morgan fingerprint density at radius 2 is 1.80 bits per heavy atom. The predicted octanol–water partition coefficient (Wildman–Crippen LogP) is 4.47. The van der Waals surface area contributed by atoms with Gasteiger partial charge in [0, 0.05) is 11.4 Å². The molecule has 0 spiro atoms. The molecule has 0 saturated carbocycles. The third-order valence-corrected chi connectivity index (χ3v) is 4.46. The number of para-hydroxylation sites is 1. The van der Waals surface area contributed by atoms with Crippen molar-refractivity contribution >= 4 is 22.6 Å². The molecule has 0 radical (unpaired) electrons. The molecule has 10 heteroatoms. The van der Waals surface area contributed by atoms with Crippen molar-refractivity contribution < 1.29 is 18.0 Å². The van der Waals surface area contributed by atoms with Crippen LogP contribution < -0.4 is 5.32 Å². The van der Waals surface area contributed by atoms with Crippen molar-refractivity contribution in [2.24, 2.45) is 0 Å². The fourth-order valence-corrected chi connectivity index (χ4v) is 3.14. The molecule has 30 heavy (non-hydrogen) atoms. The zero-order valence-electron chi connectivity index (χ0n) is 16.1. The number of amides is 1. The molecule has 4 aromatic rings. The summed E-state index contributed by atoms with van der Waals surface area (Å²) in [6.07, 6.45) is -0.893. The van der Waals surface area contributed by atoms with Gasteiger partial charge >= 0.3 is 6.18 Å². The molecule has 1 N–H and O–H groups in total. The van der Waals surface area contributed by atoms with Crippen molar-refractivity contribution in [1.29, 1.82) is 0 Å². The van der Waals surface area contributed by atoms with Crippen LogP contribution in [0.15, 0.2) is 55.0 Å². The highest BCUT2D eigenvalue weighted by atomic mass is 19.4. The van der Waals surface area contributed by atoms with Crippen LogP contribution in [0.4, 0.5) is 18.9 Å². The van der Waals surface area contributed by atoms with Gasteiger partial charge < -0.3 is 5.32 Å². The van der Waals surface area contributed by atoms with E-state index in [2.05, 4.69) is 20.5 Å². The van der Waals surface area contributed by atoms with E-state index < -0.39 is 23.3 Å². The Morgan fingerprint density at radius 3 is 2.47 bits per heavy atom. The highest BCUT2D eigenvalue weighted by Crippen LogP contribution is 2.34. The second-order valence-electron chi connectivity index (χ2n) is 6.93. The molecule has 0 saturated heterocycles. The average Bonchev–Trinajstić information content (AvgIpc) is 3.33. The van der Waals surface area contributed by atoms with Crippen molar-refractivity contribution in [3.63, 3.8) is 0 Å². The number of fused-ring (bicyclic) bond motifs is 1. The Hall–Kier alpha value is -3.69. The lowest BCUT2D eigenvalue weighted by molar-refractivity contribution is -0.143. The molecule has 1 amide bonds. The van der Waals surface area contributed by atoms with E-state index in [1.165, 1.54) is 18.3 Å². The van der Waals surface area contributed by atoms with E-state index in [9.17, 15) is 18.0 Å². The molecule has 0 atom stereocenters. The number of hydrogen-bond donors (Lipinski definition) is 1. The Balaban J connectivity index is 1.69. The first-order chi connectivity index (χ1) is 14.3. The molecule has 0 bridgehead atoms. The first kappa shape index (κ1) is 19.6. The van der Waals surface area contributed by atoms with Gasteiger partial charge in [0.2, 0.25) is 0 Å². The summed E-state index contributed by atoms with van der Waals surface area (Å²) in [4.78, 5) is 16.9. The average molecular weight is 414 g/mol. The summed E-state index contributed by atoms with van der Waals surface area (Å²) in [6.45, 7) is 3.90. The third kappa shape index (κ3) is 3.51. The fourth-order valence-electron chi connectivity index (χ4n) is 3.14. The molecule has 7 nitrogen and oxygen atoms in total. The number of alkyl halides is 3. The molecule has 3 aromatic heterocycles. The quantitative estimate of drug-likeness (QED) is 0.535. The molecular weight excluding hydrogens is 397 g/mol. The number of nitrogens with one attached hydrogen (secondary N) is 1. The molecule has 4 rings (SSSR count). The number of aromatic nitrogens is 5. The zero-order chi connectivity index (χ0) is 21.5. The normalized spacial score (nSPS) is 11.9. The van der Waals surface area contributed by atoms with Crippen molar-refractivity contribution in [3.05, 3.63) is 66.2 Å². The maximum atomic E-state index is 13.7. The van der Waals surface area contributed by atoms with Crippen molar-refractivity contribution in [2.45, 2.75) is 26.1 Å². The molecule has 0 fully saturated rings. The number of benzene rings is 1. The van der Waals surface area contributed by atoms with Crippen LogP contribution in [0.5, 0.6) is 0 Å². The summed E-state index contributed by atoms with van der Waals surface area (Å²) in [5.41, 5.74) is -0.641. The lowest BCUT2D eigenvalue weighted by atomic mass is 10.2. The van der Waals surface area contributed by atoms with Gasteiger partial charge in [-0.15, -0.1) is 0 Å². The number of pyridine rings is 1. The minimum absolute atomic E-state index is 0.0913. The molecule has 0 aliphatic carbocycles. The van der Waals surface area contributed by atoms with Gasteiger partial charge in [-0.1, -0.05) is 18.2 Å². The Labute approximate surface area is 169 Å². The van der Waals surface area contributed by atoms with E-state index >= 15 is 0 Å². The standard InChI is InChI=1S/C20H17F3N6O/c1-12(2)28-18-13(9-25-28)8-14(10-24-18)27-19(30)16-11-26-29(17(16)20(21,22)23)15-6-4-3-5-7-15/h3-12H,1-2H3,(H,27,30). The smallest absolute Gasteiger partial charge is 0.320 e. The van der Waals surface area contributed by atoms with E-state index in [0.717, 1.165) is 6.20 Å². The van der Waals surface area contributed by atoms with Crippen molar-refractivity contribution in [3.8, 4) is 5.69 Å². The van der Waals surface area contributed by atoms with Crippen LogP contribution in [0.3, 0.4) is 0 Å². The molecule has 154 valence electrons. The van der Waals surface area contributed by atoms with E-state index in [0.29, 0.717) is 15.7 Å². The van der Waals surface area contributed by atoms with E-state index in [4.69, 9.17) is 0 Å². The lowest BCUT2D eigenvalue weighted by Crippen LogP contribution is -2.20. The number of carbonyl (C=O) groups is 1. The summed E-state index contributed by atoms with van der Waals surface area (Å²) >= 11 is 0. The first-order valence-electron chi connectivity index (χ1n) is 9.11. The van der Waals surface area contributed by atoms with Crippen LogP contribution in [0.2, 0.25) is 0 Å². The maximum Gasteiger partial charge on any atom is 0.434 e. The summed E-state index contributed by atoms with van der Waals surface area (Å²) < 4.78 is 43.7. The fraction of sp³-hybridized carbons (Fsp3) is 0.200. The van der Waals surface area contributed by atoms with E-state index in [1.54, 1.807) is 35.1 Å². The van der Waals surface area contributed by atoms with Crippen LogP contribution in [0.1, 0.15) is 35.9 Å². The molecule has 3 heterocycles. The Kier molecular flexibility index (Phi) is 4.76. The van der Waals surface area contributed by atoms with Gasteiger partial charge in [0.1, 0.15) is 0 Å². The van der Waals surface area contributed by atoms with Gasteiger partial charge in [0.05, 0.1) is 35.5 Å². The molecular formula is C20H17F3N6O. The summed E-state index contributed by atoms with van der Waals surface area (Å²) in [6, 6.07) is 9.53. The zero-order valence-corrected chi connectivity index (χ0v) is 16.1. The van der Waals surface area contributed by atoms with E-state index in [-0.39, 0.29) is 17.4 Å². The lowest BCUT2D eigenvalue weighted by Gasteiger charge is -2.13. The van der Waals surface area contributed by atoms with Gasteiger partial charge in [-0.3, -0.25) is 4.79 Å². The largest absolute Gasteiger partial charge is 0.434 e. The van der Waals surface area contributed by atoms with Crippen molar-refractivity contribution in [2.75, 3.05) is 5.32 Å². The van der Waals surface area contributed by atoms with Crippen LogP contribution >= 0.6 is 0 Å². The van der Waals surface area contributed by atoms with Gasteiger partial charge in [0.25, 0.3) is 5.91 Å². The van der Waals surface area contributed by atoms with E-state index in [1.807, 2.05) is 13.8 Å². The molecule has 0 aliphatic rings. The maximum absolute atomic E-state index is 13.7. The summed E-state index contributed by atoms with van der Waals surface area (Å²) in [5, 5.41) is 11.2. The number of carbonyl (C=O) groups excluding carboxylic acids is 1. The van der Waals surface area contributed by atoms with Crippen LogP contribution in [-0.4, -0.2) is 30.5 Å². The molecule has 1 aromatic carbocycles. The summed E-state index contributed by atoms with van der Waals surface area (Å²) in [5.74, 6) is -0.929. The van der Waals surface area contributed by atoms with Crippen LogP contribution in [0.25, 0.3) is 16.7 Å².